The molecule has 1 fully saturated rings. The summed E-state index contributed by atoms with van der Waals surface area (Å²) >= 11 is 6.51. The molecule has 0 saturated carbocycles. The van der Waals surface area contributed by atoms with Crippen LogP contribution in [0.15, 0.2) is 42.6 Å². The number of hydrogen-bond acceptors (Lipinski definition) is 7. The van der Waals surface area contributed by atoms with Crippen LogP contribution < -0.4 is 19.7 Å². The van der Waals surface area contributed by atoms with Crippen LogP contribution in [-0.4, -0.2) is 61.9 Å². The largest absolute Gasteiger partial charge is 0.493 e. The van der Waals surface area contributed by atoms with E-state index in [9.17, 15) is 4.79 Å². The van der Waals surface area contributed by atoms with Gasteiger partial charge >= 0.3 is 0 Å². The van der Waals surface area contributed by atoms with Gasteiger partial charge in [0.1, 0.15) is 17.3 Å². The van der Waals surface area contributed by atoms with Crippen LogP contribution in [0.3, 0.4) is 0 Å². The molecule has 1 saturated heterocycles. The first-order valence-corrected chi connectivity index (χ1v) is 13.5. The second-order valence-electron chi connectivity index (χ2n) is 8.84. The van der Waals surface area contributed by atoms with Crippen LogP contribution in [0.5, 0.6) is 11.5 Å². The van der Waals surface area contributed by atoms with Gasteiger partial charge in [-0.25, -0.2) is 9.97 Å². The minimum Gasteiger partial charge on any atom is -0.493 e. The summed E-state index contributed by atoms with van der Waals surface area (Å²) in [4.78, 5) is 24.1. The monoisotopic (exact) mass is 538 g/mol. The third-order valence-electron chi connectivity index (χ3n) is 6.27. The number of halogens is 1. The molecule has 4 rings (SSSR count). The number of nitrogens with one attached hydrogen (secondary N) is 1. The van der Waals surface area contributed by atoms with Crippen LogP contribution in [0.4, 0.5) is 5.69 Å². The van der Waals surface area contributed by atoms with E-state index >= 15 is 0 Å². The molecule has 38 heavy (non-hydrogen) atoms. The number of hydrogen-bond donors (Lipinski definition) is 1. The van der Waals surface area contributed by atoms with Crippen molar-refractivity contribution in [3.63, 3.8) is 0 Å². The zero-order valence-electron chi connectivity index (χ0n) is 22.3. The fourth-order valence-electron chi connectivity index (χ4n) is 4.50. The molecule has 2 heterocycles. The van der Waals surface area contributed by atoms with Crippen LogP contribution in [0, 0.1) is 0 Å². The molecule has 0 aliphatic carbocycles. The maximum atomic E-state index is 12.6. The van der Waals surface area contributed by atoms with Gasteiger partial charge in [-0.05, 0) is 38.5 Å². The third-order valence-corrected chi connectivity index (χ3v) is 6.58. The minimum atomic E-state index is -0.112. The van der Waals surface area contributed by atoms with Crippen molar-refractivity contribution >= 4 is 23.2 Å². The second-order valence-corrected chi connectivity index (χ2v) is 9.25. The number of ether oxygens (including phenoxy) is 3. The van der Waals surface area contributed by atoms with E-state index in [0.717, 1.165) is 41.4 Å². The maximum Gasteiger partial charge on any atom is 0.251 e. The topological polar surface area (TPSA) is 85.8 Å². The highest BCUT2D eigenvalue weighted by Gasteiger charge is 2.21. The number of carbonyl (C=O) groups is 1. The average molecular weight is 539 g/mol. The van der Waals surface area contributed by atoms with Crippen molar-refractivity contribution in [1.29, 1.82) is 0 Å². The van der Waals surface area contributed by atoms with Crippen molar-refractivity contribution in [2.75, 3.05) is 51.0 Å². The van der Waals surface area contributed by atoms with Crippen LogP contribution in [0.25, 0.3) is 0 Å². The van der Waals surface area contributed by atoms with E-state index in [0.29, 0.717) is 67.9 Å². The number of aromatic nitrogens is 2. The van der Waals surface area contributed by atoms with Crippen molar-refractivity contribution in [1.82, 2.24) is 15.3 Å². The van der Waals surface area contributed by atoms with Gasteiger partial charge in [-0.2, -0.15) is 0 Å². The van der Waals surface area contributed by atoms with Crippen molar-refractivity contribution < 1.29 is 19.0 Å². The molecular formula is C29H35ClN4O4. The molecule has 9 heteroatoms. The van der Waals surface area contributed by atoms with Crippen molar-refractivity contribution in [2.24, 2.45) is 0 Å². The molecule has 202 valence electrons. The fourth-order valence-corrected chi connectivity index (χ4v) is 4.66. The summed E-state index contributed by atoms with van der Waals surface area (Å²) in [5, 5.41) is 3.33. The fraction of sp³-hybridized carbons (Fsp3) is 0.414. The molecule has 0 unspecified atom stereocenters. The average Bonchev–Trinajstić information content (AvgIpc) is 2.93. The maximum absolute atomic E-state index is 12.6. The van der Waals surface area contributed by atoms with Crippen molar-refractivity contribution in [3.05, 3.63) is 75.8 Å². The van der Waals surface area contributed by atoms with Crippen LogP contribution in [-0.2, 0) is 17.6 Å². The summed E-state index contributed by atoms with van der Waals surface area (Å²) in [7, 11) is 0. The standard InChI is InChI=1S/C29H35ClN4O4/c1-4-31-29(35)22-10-8-7-9-20(22)15-24-23(30)19-32-28(33-24)17-21-16-27(38-6-3)25(18-26(21)37-5-2)34-11-13-36-14-12-34/h7-10,16,18-19H,4-6,11-15,17H2,1-3H3,(H,31,35). The van der Waals surface area contributed by atoms with E-state index < -0.39 is 0 Å². The molecule has 1 N–H and O–H groups in total. The Morgan fingerprint density at radius 3 is 2.50 bits per heavy atom. The molecule has 0 spiro atoms. The quantitative estimate of drug-likeness (QED) is 0.379. The van der Waals surface area contributed by atoms with E-state index in [1.165, 1.54) is 0 Å². The molecular weight excluding hydrogens is 504 g/mol. The molecule has 1 aliphatic heterocycles. The van der Waals surface area contributed by atoms with Gasteiger partial charge in [-0.1, -0.05) is 29.8 Å². The Morgan fingerprint density at radius 1 is 1.03 bits per heavy atom. The summed E-state index contributed by atoms with van der Waals surface area (Å²) in [6.45, 7) is 10.5. The molecule has 8 nitrogen and oxygen atoms in total. The van der Waals surface area contributed by atoms with Crippen molar-refractivity contribution in [3.8, 4) is 11.5 Å². The Labute approximate surface area is 229 Å². The number of rotatable bonds is 11. The predicted octanol–water partition coefficient (Wildman–Crippen LogP) is 4.70. The number of amides is 1. The molecule has 2 aromatic carbocycles. The van der Waals surface area contributed by atoms with Crippen LogP contribution in [0.1, 0.15) is 53.8 Å². The second kappa shape index (κ2) is 13.4. The number of morpholine rings is 1. The predicted molar refractivity (Wildman–Crippen MR) is 149 cm³/mol. The molecule has 0 bridgehead atoms. The normalized spacial score (nSPS) is 13.3. The Kier molecular flexibility index (Phi) is 9.79. The Balaban J connectivity index is 1.65. The number of anilines is 1. The Bertz CT molecular complexity index is 1250. The first-order valence-electron chi connectivity index (χ1n) is 13.2. The van der Waals surface area contributed by atoms with Gasteiger partial charge in [-0.3, -0.25) is 4.79 Å². The van der Waals surface area contributed by atoms with Gasteiger partial charge in [0.25, 0.3) is 5.91 Å². The lowest BCUT2D eigenvalue weighted by molar-refractivity contribution is 0.0955. The summed E-state index contributed by atoms with van der Waals surface area (Å²) in [6, 6.07) is 11.6. The summed E-state index contributed by atoms with van der Waals surface area (Å²) < 4.78 is 17.6. The van der Waals surface area contributed by atoms with Crippen LogP contribution in [0.2, 0.25) is 5.02 Å². The highest BCUT2D eigenvalue weighted by atomic mass is 35.5. The van der Waals surface area contributed by atoms with Gasteiger partial charge in [0, 0.05) is 55.9 Å². The van der Waals surface area contributed by atoms with Gasteiger partial charge in [-0.15, -0.1) is 0 Å². The summed E-state index contributed by atoms with van der Waals surface area (Å²) in [5.74, 6) is 2.08. The zero-order valence-corrected chi connectivity index (χ0v) is 23.0. The lowest BCUT2D eigenvalue weighted by Crippen LogP contribution is -2.36. The first-order chi connectivity index (χ1) is 18.5. The molecule has 1 amide bonds. The molecule has 0 radical (unpaired) electrons. The SMILES string of the molecule is CCNC(=O)c1ccccc1Cc1nc(Cc2cc(OCC)c(N3CCOCC3)cc2OCC)ncc1Cl. The Morgan fingerprint density at radius 2 is 1.76 bits per heavy atom. The summed E-state index contributed by atoms with van der Waals surface area (Å²) in [5.41, 5.74) is 4.07. The third kappa shape index (κ3) is 6.74. The van der Waals surface area contributed by atoms with Gasteiger partial charge in [0.2, 0.25) is 0 Å². The molecule has 3 aromatic rings. The van der Waals surface area contributed by atoms with Gasteiger partial charge in [0.05, 0.1) is 42.8 Å². The van der Waals surface area contributed by atoms with E-state index in [4.69, 9.17) is 30.8 Å². The summed E-state index contributed by atoms with van der Waals surface area (Å²) in [6.07, 6.45) is 2.49. The minimum absolute atomic E-state index is 0.112. The van der Waals surface area contributed by atoms with E-state index in [-0.39, 0.29) is 5.91 Å². The lowest BCUT2D eigenvalue weighted by atomic mass is 10.0. The van der Waals surface area contributed by atoms with E-state index in [1.54, 1.807) is 6.20 Å². The molecule has 1 aliphatic rings. The highest BCUT2D eigenvalue weighted by Crippen LogP contribution is 2.37. The zero-order chi connectivity index (χ0) is 26.9. The lowest BCUT2D eigenvalue weighted by Gasteiger charge is -2.31. The number of nitrogens with zero attached hydrogens (tertiary/aromatic N) is 3. The van der Waals surface area contributed by atoms with Crippen LogP contribution >= 0.6 is 11.6 Å². The number of carbonyl (C=O) groups excluding carboxylic acids is 1. The highest BCUT2D eigenvalue weighted by molar-refractivity contribution is 6.31. The smallest absolute Gasteiger partial charge is 0.251 e. The first kappa shape index (κ1) is 27.7. The molecule has 1 aromatic heterocycles. The van der Waals surface area contributed by atoms with Gasteiger partial charge < -0.3 is 24.4 Å². The van der Waals surface area contributed by atoms with E-state index in [2.05, 4.69) is 21.3 Å². The van der Waals surface area contributed by atoms with Gasteiger partial charge in [0.15, 0.2) is 0 Å². The molecule has 0 atom stereocenters. The van der Waals surface area contributed by atoms with Crippen molar-refractivity contribution in [2.45, 2.75) is 33.6 Å². The number of benzene rings is 2. The Hall–Kier alpha value is -3.36. The van der Waals surface area contributed by atoms with E-state index in [1.807, 2.05) is 51.1 Å².